The lowest BCUT2D eigenvalue weighted by molar-refractivity contribution is -0.153. The Bertz CT molecular complexity index is 1090. The second-order valence-electron chi connectivity index (χ2n) is 7.37. The Balaban J connectivity index is 1.93. The van der Waals surface area contributed by atoms with Crippen LogP contribution in [0.25, 0.3) is 11.0 Å². The Hall–Kier alpha value is -3.39. The maximum atomic E-state index is 13.6. The number of rotatable bonds is 7. The second kappa shape index (κ2) is 8.77. The third kappa shape index (κ3) is 3.74. The van der Waals surface area contributed by atoms with Gasteiger partial charge in [0.1, 0.15) is 5.75 Å². The van der Waals surface area contributed by atoms with Crippen molar-refractivity contribution in [2.24, 2.45) is 5.92 Å². The van der Waals surface area contributed by atoms with Crippen molar-refractivity contribution in [3.05, 3.63) is 54.1 Å². The number of nitrogens with zero attached hydrogens (tertiary/aromatic N) is 3. The zero-order valence-corrected chi connectivity index (χ0v) is 17.5. The number of esters is 1. The van der Waals surface area contributed by atoms with Crippen LogP contribution in [-0.4, -0.2) is 53.4 Å². The number of amides is 1. The van der Waals surface area contributed by atoms with Crippen LogP contribution in [0, 0.1) is 5.92 Å². The smallest absolute Gasteiger partial charge is 0.321 e. The van der Waals surface area contributed by atoms with Crippen molar-refractivity contribution in [1.82, 2.24) is 9.55 Å². The lowest BCUT2D eigenvalue weighted by Crippen LogP contribution is -2.50. The topological polar surface area (TPSA) is 93.9 Å². The third-order valence-corrected chi connectivity index (χ3v) is 5.45. The minimum Gasteiger partial charge on any atom is -0.508 e. The van der Waals surface area contributed by atoms with E-state index in [1.54, 1.807) is 43.2 Å². The number of methoxy groups -OCH3 is 1. The molecule has 8 heteroatoms. The molecule has 8 nitrogen and oxygen atoms in total. The highest BCUT2D eigenvalue weighted by molar-refractivity contribution is 6.08. The fourth-order valence-corrected chi connectivity index (χ4v) is 4.10. The van der Waals surface area contributed by atoms with Gasteiger partial charge >= 0.3 is 5.97 Å². The number of fused-ring (bicyclic) bond motifs is 3. The number of aromatic hydroxyl groups is 1. The number of imidazole rings is 1. The molecule has 0 saturated heterocycles. The van der Waals surface area contributed by atoms with E-state index in [1.165, 1.54) is 0 Å². The fourth-order valence-electron chi connectivity index (χ4n) is 4.10. The van der Waals surface area contributed by atoms with Crippen LogP contribution >= 0.6 is 0 Å². The van der Waals surface area contributed by atoms with Gasteiger partial charge in [0.2, 0.25) is 11.9 Å². The number of para-hydroxylation sites is 2. The van der Waals surface area contributed by atoms with Crippen molar-refractivity contribution in [3.63, 3.8) is 0 Å². The molecule has 0 unspecified atom stereocenters. The number of benzene rings is 2. The van der Waals surface area contributed by atoms with Crippen molar-refractivity contribution in [2.75, 3.05) is 31.8 Å². The Morgan fingerprint density at radius 3 is 2.61 bits per heavy atom. The number of carbonyl (C=O) groups excluding carboxylic acids is 2. The Labute approximate surface area is 180 Å². The van der Waals surface area contributed by atoms with Crippen LogP contribution in [0.1, 0.15) is 24.9 Å². The first-order valence-corrected chi connectivity index (χ1v) is 10.3. The first-order chi connectivity index (χ1) is 15.1. The zero-order valence-electron chi connectivity index (χ0n) is 17.5. The third-order valence-electron chi connectivity index (χ3n) is 5.45. The largest absolute Gasteiger partial charge is 0.508 e. The van der Waals surface area contributed by atoms with E-state index in [-0.39, 0.29) is 18.3 Å². The second-order valence-corrected chi connectivity index (χ2v) is 7.37. The minimum absolute atomic E-state index is 0.107. The van der Waals surface area contributed by atoms with E-state index in [9.17, 15) is 14.7 Å². The number of carbonyl (C=O) groups is 2. The normalized spacial score (nSPS) is 18.3. The van der Waals surface area contributed by atoms with E-state index in [4.69, 9.17) is 14.5 Å². The van der Waals surface area contributed by atoms with E-state index in [0.717, 1.165) is 11.0 Å². The summed E-state index contributed by atoms with van der Waals surface area (Å²) in [6.45, 7) is 2.74. The standard InChI is InChI=1S/C23H25N3O5/c1-3-31-22(29)19-20(15-9-11-16(27)12-10-15)26-18-8-5-4-7-17(18)24-23(26)25(21(19)28)13-6-14-30-2/h4-5,7-12,19-20,27H,3,6,13-14H2,1-2H3/t19-,20+/m1/s1. The molecule has 1 aliphatic rings. The zero-order chi connectivity index (χ0) is 22.0. The average molecular weight is 423 g/mol. The number of anilines is 1. The SMILES string of the molecule is CCOC(=O)[C@H]1C(=O)N(CCCOC)c2nc3ccccc3n2[C@H]1c1ccc(O)cc1. The van der Waals surface area contributed by atoms with Crippen LogP contribution < -0.4 is 4.90 Å². The number of aromatic nitrogens is 2. The summed E-state index contributed by atoms with van der Waals surface area (Å²) in [5.41, 5.74) is 2.26. The van der Waals surface area contributed by atoms with Gasteiger partial charge in [0.15, 0.2) is 5.92 Å². The predicted molar refractivity (Wildman–Crippen MR) is 115 cm³/mol. The number of hydrogen-bond donors (Lipinski definition) is 1. The molecule has 31 heavy (non-hydrogen) atoms. The van der Waals surface area contributed by atoms with E-state index in [1.807, 2.05) is 28.8 Å². The maximum absolute atomic E-state index is 13.6. The lowest BCUT2D eigenvalue weighted by atomic mass is 9.89. The highest BCUT2D eigenvalue weighted by Gasteiger charge is 2.47. The minimum atomic E-state index is -1.07. The van der Waals surface area contributed by atoms with Gasteiger partial charge in [-0.2, -0.15) is 0 Å². The summed E-state index contributed by atoms with van der Waals surface area (Å²) in [4.78, 5) is 32.9. The van der Waals surface area contributed by atoms with Crippen molar-refractivity contribution in [3.8, 4) is 5.75 Å². The monoisotopic (exact) mass is 423 g/mol. The lowest BCUT2D eigenvalue weighted by Gasteiger charge is -2.38. The van der Waals surface area contributed by atoms with Crippen molar-refractivity contribution < 1.29 is 24.2 Å². The summed E-state index contributed by atoms with van der Waals surface area (Å²) >= 11 is 0. The van der Waals surface area contributed by atoms with E-state index in [2.05, 4.69) is 0 Å². The number of hydrogen-bond acceptors (Lipinski definition) is 6. The molecule has 1 aliphatic heterocycles. The summed E-state index contributed by atoms with van der Waals surface area (Å²) in [6, 6.07) is 13.5. The summed E-state index contributed by atoms with van der Waals surface area (Å²) < 4.78 is 12.4. The van der Waals surface area contributed by atoms with Crippen molar-refractivity contribution >= 4 is 28.9 Å². The molecule has 0 spiro atoms. The molecule has 1 aromatic heterocycles. The summed E-state index contributed by atoms with van der Waals surface area (Å²) in [7, 11) is 1.61. The van der Waals surface area contributed by atoms with Crippen LogP contribution in [-0.2, 0) is 19.1 Å². The molecular weight excluding hydrogens is 398 g/mol. The molecular formula is C23H25N3O5. The van der Waals surface area contributed by atoms with E-state index < -0.39 is 17.9 Å². The van der Waals surface area contributed by atoms with Gasteiger partial charge in [0.25, 0.3) is 0 Å². The van der Waals surface area contributed by atoms with Gasteiger partial charge in [-0.25, -0.2) is 4.98 Å². The maximum Gasteiger partial charge on any atom is 0.321 e. The van der Waals surface area contributed by atoms with Gasteiger partial charge < -0.3 is 19.1 Å². The molecule has 162 valence electrons. The first-order valence-electron chi connectivity index (χ1n) is 10.3. The van der Waals surface area contributed by atoms with Gasteiger partial charge in [-0.15, -0.1) is 0 Å². The summed E-state index contributed by atoms with van der Waals surface area (Å²) in [5, 5.41) is 9.76. The number of ether oxygens (including phenoxy) is 2. The average Bonchev–Trinajstić information content (AvgIpc) is 3.15. The molecule has 0 saturated carbocycles. The Morgan fingerprint density at radius 1 is 1.16 bits per heavy atom. The van der Waals surface area contributed by atoms with Crippen LogP contribution in [0.3, 0.4) is 0 Å². The Kier molecular flexibility index (Phi) is 5.90. The molecule has 1 N–H and O–H groups in total. The van der Waals surface area contributed by atoms with Crippen LogP contribution in [0.5, 0.6) is 5.75 Å². The molecule has 2 aromatic carbocycles. The van der Waals surface area contributed by atoms with Crippen LogP contribution in [0.15, 0.2) is 48.5 Å². The van der Waals surface area contributed by atoms with Crippen molar-refractivity contribution in [2.45, 2.75) is 19.4 Å². The number of phenolic OH excluding ortho intramolecular Hbond substituents is 1. The van der Waals surface area contributed by atoms with Crippen molar-refractivity contribution in [1.29, 1.82) is 0 Å². The predicted octanol–water partition coefficient (Wildman–Crippen LogP) is 2.89. The molecule has 1 amide bonds. The van der Waals surface area contributed by atoms with Gasteiger partial charge in [0.05, 0.1) is 23.7 Å². The van der Waals surface area contributed by atoms with Gasteiger partial charge in [-0.05, 0) is 43.2 Å². The van der Waals surface area contributed by atoms with E-state index in [0.29, 0.717) is 31.1 Å². The summed E-state index contributed by atoms with van der Waals surface area (Å²) in [6.07, 6.45) is 0.602. The fraction of sp³-hybridized carbons (Fsp3) is 0.348. The summed E-state index contributed by atoms with van der Waals surface area (Å²) in [5.74, 6) is -1.41. The van der Waals surface area contributed by atoms with Crippen LogP contribution in [0.4, 0.5) is 5.95 Å². The Morgan fingerprint density at radius 2 is 1.90 bits per heavy atom. The molecule has 0 bridgehead atoms. The first kappa shape index (κ1) is 20.9. The molecule has 4 rings (SSSR count). The van der Waals surface area contributed by atoms with Gasteiger partial charge in [0, 0.05) is 20.3 Å². The molecule has 2 heterocycles. The molecule has 0 radical (unpaired) electrons. The molecule has 2 atom stereocenters. The molecule has 0 aliphatic carbocycles. The highest BCUT2D eigenvalue weighted by atomic mass is 16.5. The van der Waals surface area contributed by atoms with E-state index >= 15 is 0 Å². The van der Waals surface area contributed by atoms with Gasteiger partial charge in [-0.1, -0.05) is 24.3 Å². The molecule has 0 fully saturated rings. The van der Waals surface area contributed by atoms with Gasteiger partial charge in [-0.3, -0.25) is 14.5 Å². The quantitative estimate of drug-likeness (QED) is 0.357. The highest BCUT2D eigenvalue weighted by Crippen LogP contribution is 2.41. The molecule has 3 aromatic rings. The number of phenols is 1. The van der Waals surface area contributed by atoms with Crippen LogP contribution in [0.2, 0.25) is 0 Å².